The van der Waals surface area contributed by atoms with Crippen molar-refractivity contribution in [3.63, 3.8) is 0 Å². The molecule has 2 aromatic heterocycles. The molecule has 1 saturated heterocycles. The first-order valence-corrected chi connectivity index (χ1v) is 8.65. The van der Waals surface area contributed by atoms with Gasteiger partial charge in [0.1, 0.15) is 19.2 Å². The molecule has 2 N–H and O–H groups in total. The standard InChI is InChI=1S/C15H20N6O5/c22-10-2-1-9(5-10)19-14-13-15(17-7-16-14)20(8-18-13)12-4-3-11(26-12)6-25-21(23)24/h7-12,22H,1-6H2,(H,16,17,19). The topological polar surface area (TPSA) is 137 Å². The normalized spacial score (nSPS) is 28.5. The SMILES string of the molecule is O=[N+]([O-])OCC1CCC(n2cnc3c(NC4CCC(O)C4)ncnc32)O1. The Hall–Kier alpha value is -2.53. The van der Waals surface area contributed by atoms with Gasteiger partial charge >= 0.3 is 0 Å². The van der Waals surface area contributed by atoms with Crippen molar-refractivity contribution < 1.29 is 19.8 Å². The molecule has 26 heavy (non-hydrogen) atoms. The molecule has 2 aliphatic rings. The van der Waals surface area contributed by atoms with E-state index in [1.165, 1.54) is 6.33 Å². The summed E-state index contributed by atoms with van der Waals surface area (Å²) in [4.78, 5) is 27.7. The molecule has 0 spiro atoms. The average molecular weight is 364 g/mol. The molecular weight excluding hydrogens is 344 g/mol. The van der Waals surface area contributed by atoms with Crippen molar-refractivity contribution in [1.82, 2.24) is 19.5 Å². The summed E-state index contributed by atoms with van der Waals surface area (Å²) in [5.74, 6) is 0.638. The van der Waals surface area contributed by atoms with E-state index in [1.54, 1.807) is 6.33 Å². The fourth-order valence-electron chi connectivity index (χ4n) is 3.61. The Labute approximate surface area is 148 Å². The highest BCUT2D eigenvalue weighted by Crippen LogP contribution is 2.32. The lowest BCUT2D eigenvalue weighted by Crippen LogP contribution is -2.19. The molecule has 0 aromatic carbocycles. The monoisotopic (exact) mass is 364 g/mol. The van der Waals surface area contributed by atoms with Gasteiger partial charge in [0.25, 0.3) is 5.09 Å². The van der Waals surface area contributed by atoms with Gasteiger partial charge in [0, 0.05) is 6.04 Å². The molecule has 4 rings (SSSR count). The molecule has 4 unspecified atom stereocenters. The molecular formula is C15H20N6O5. The van der Waals surface area contributed by atoms with Crippen molar-refractivity contribution in [3.8, 4) is 0 Å². The summed E-state index contributed by atoms with van der Waals surface area (Å²) in [5, 5.41) is 22.5. The number of anilines is 1. The summed E-state index contributed by atoms with van der Waals surface area (Å²) >= 11 is 0. The van der Waals surface area contributed by atoms with Crippen molar-refractivity contribution >= 4 is 17.0 Å². The van der Waals surface area contributed by atoms with E-state index >= 15 is 0 Å². The van der Waals surface area contributed by atoms with Crippen molar-refractivity contribution in [2.24, 2.45) is 0 Å². The third-order valence-electron chi connectivity index (χ3n) is 4.87. The van der Waals surface area contributed by atoms with Gasteiger partial charge in [-0.2, -0.15) is 0 Å². The second-order valence-corrected chi connectivity index (χ2v) is 6.66. The molecule has 11 nitrogen and oxygen atoms in total. The van der Waals surface area contributed by atoms with Gasteiger partial charge in [-0.3, -0.25) is 4.57 Å². The number of hydrogen-bond donors (Lipinski definition) is 2. The van der Waals surface area contributed by atoms with Crippen LogP contribution < -0.4 is 5.32 Å². The largest absolute Gasteiger partial charge is 0.393 e. The third-order valence-corrected chi connectivity index (χ3v) is 4.87. The average Bonchev–Trinajstić information content (AvgIpc) is 3.32. The van der Waals surface area contributed by atoms with Gasteiger partial charge < -0.3 is 20.0 Å². The summed E-state index contributed by atoms with van der Waals surface area (Å²) in [5.41, 5.74) is 1.28. The molecule has 1 aliphatic heterocycles. The molecule has 11 heteroatoms. The zero-order chi connectivity index (χ0) is 18.1. The molecule has 0 radical (unpaired) electrons. The molecule has 2 fully saturated rings. The van der Waals surface area contributed by atoms with E-state index in [2.05, 4.69) is 25.1 Å². The summed E-state index contributed by atoms with van der Waals surface area (Å²) < 4.78 is 7.65. The molecule has 1 aliphatic carbocycles. The van der Waals surface area contributed by atoms with Crippen LogP contribution in [0.1, 0.15) is 38.3 Å². The van der Waals surface area contributed by atoms with E-state index < -0.39 is 5.09 Å². The van der Waals surface area contributed by atoms with Crippen LogP contribution in [0, 0.1) is 10.1 Å². The highest BCUT2D eigenvalue weighted by atomic mass is 17.0. The number of rotatable bonds is 6. The van der Waals surface area contributed by atoms with Crippen LogP contribution in [-0.4, -0.2) is 54.6 Å². The number of aliphatic hydroxyl groups is 1. The molecule has 140 valence electrons. The zero-order valence-electron chi connectivity index (χ0n) is 14.0. The van der Waals surface area contributed by atoms with Gasteiger partial charge in [-0.05, 0) is 32.1 Å². The van der Waals surface area contributed by atoms with Gasteiger partial charge in [0.15, 0.2) is 17.0 Å². The lowest BCUT2D eigenvalue weighted by Gasteiger charge is -2.15. The first kappa shape index (κ1) is 16.9. The maximum Gasteiger partial charge on any atom is 0.294 e. The third kappa shape index (κ3) is 3.40. The van der Waals surface area contributed by atoms with Crippen LogP contribution in [0.2, 0.25) is 0 Å². The van der Waals surface area contributed by atoms with Crippen LogP contribution in [0.25, 0.3) is 11.2 Å². The first-order chi connectivity index (χ1) is 12.6. The Balaban J connectivity index is 1.49. The number of hydrogen-bond acceptors (Lipinski definition) is 9. The maximum absolute atomic E-state index is 10.3. The Morgan fingerprint density at radius 3 is 3.00 bits per heavy atom. The molecule has 0 bridgehead atoms. The predicted octanol–water partition coefficient (Wildman–Crippen LogP) is 1.04. The van der Waals surface area contributed by atoms with Crippen LogP contribution in [0.3, 0.4) is 0 Å². The lowest BCUT2D eigenvalue weighted by molar-refractivity contribution is -0.759. The second-order valence-electron chi connectivity index (χ2n) is 6.66. The fourth-order valence-corrected chi connectivity index (χ4v) is 3.61. The van der Waals surface area contributed by atoms with Gasteiger partial charge in [-0.25, -0.2) is 15.0 Å². The van der Waals surface area contributed by atoms with Crippen LogP contribution in [-0.2, 0) is 9.57 Å². The van der Waals surface area contributed by atoms with E-state index in [-0.39, 0.29) is 31.1 Å². The maximum atomic E-state index is 10.3. The quantitative estimate of drug-likeness (QED) is 0.568. The number of ether oxygens (including phenoxy) is 1. The van der Waals surface area contributed by atoms with Crippen LogP contribution in [0.4, 0.5) is 5.82 Å². The van der Waals surface area contributed by atoms with E-state index in [0.29, 0.717) is 36.2 Å². The van der Waals surface area contributed by atoms with Gasteiger partial charge in [-0.1, -0.05) is 0 Å². The second kappa shape index (κ2) is 7.00. The first-order valence-electron chi connectivity index (χ1n) is 8.65. The Morgan fingerprint density at radius 1 is 1.35 bits per heavy atom. The molecule has 4 atom stereocenters. The van der Waals surface area contributed by atoms with Crippen molar-refractivity contribution in [1.29, 1.82) is 0 Å². The summed E-state index contributed by atoms with van der Waals surface area (Å²) in [6, 6.07) is 0.166. The number of fused-ring (bicyclic) bond motifs is 1. The minimum Gasteiger partial charge on any atom is -0.393 e. The highest BCUT2D eigenvalue weighted by molar-refractivity contribution is 5.82. The number of imidazole rings is 1. The summed E-state index contributed by atoms with van der Waals surface area (Å²) in [6.45, 7) is -0.0814. The lowest BCUT2D eigenvalue weighted by atomic mass is 10.2. The zero-order valence-corrected chi connectivity index (χ0v) is 14.0. The minimum absolute atomic E-state index is 0.0814. The van der Waals surface area contributed by atoms with Crippen molar-refractivity contribution in [3.05, 3.63) is 22.8 Å². The Bertz CT molecular complexity index is 798. The van der Waals surface area contributed by atoms with Gasteiger partial charge in [-0.15, -0.1) is 10.1 Å². The van der Waals surface area contributed by atoms with Crippen LogP contribution in [0.5, 0.6) is 0 Å². The predicted molar refractivity (Wildman–Crippen MR) is 88.7 cm³/mol. The number of nitrogens with zero attached hydrogens (tertiary/aromatic N) is 5. The minimum atomic E-state index is -0.811. The van der Waals surface area contributed by atoms with E-state index in [4.69, 9.17) is 4.74 Å². The molecule has 3 heterocycles. The fraction of sp³-hybridized carbons (Fsp3) is 0.667. The summed E-state index contributed by atoms with van der Waals surface area (Å²) in [7, 11) is 0. The van der Waals surface area contributed by atoms with Crippen molar-refractivity contribution in [2.75, 3.05) is 11.9 Å². The van der Waals surface area contributed by atoms with Crippen LogP contribution >= 0.6 is 0 Å². The smallest absolute Gasteiger partial charge is 0.294 e. The molecule has 2 aromatic rings. The van der Waals surface area contributed by atoms with E-state index in [1.807, 2.05) is 4.57 Å². The van der Waals surface area contributed by atoms with Crippen molar-refractivity contribution in [2.45, 2.75) is 56.6 Å². The molecule has 0 amide bonds. The number of nitrogens with one attached hydrogen (secondary N) is 1. The van der Waals surface area contributed by atoms with E-state index in [9.17, 15) is 15.2 Å². The highest BCUT2D eigenvalue weighted by Gasteiger charge is 2.29. The number of aromatic nitrogens is 4. The Kier molecular flexibility index (Phi) is 4.55. The molecule has 1 saturated carbocycles. The van der Waals surface area contributed by atoms with Crippen LogP contribution in [0.15, 0.2) is 12.7 Å². The van der Waals surface area contributed by atoms with E-state index in [0.717, 1.165) is 12.8 Å². The summed E-state index contributed by atoms with van der Waals surface area (Å²) in [6.07, 6.45) is 5.93. The van der Waals surface area contributed by atoms with Gasteiger partial charge in [0.05, 0.1) is 18.5 Å². The van der Waals surface area contributed by atoms with Gasteiger partial charge in [0.2, 0.25) is 0 Å². The Morgan fingerprint density at radius 2 is 2.23 bits per heavy atom. The number of aliphatic hydroxyl groups excluding tert-OH is 1.